The van der Waals surface area contributed by atoms with E-state index in [4.69, 9.17) is 67.8 Å². The van der Waals surface area contributed by atoms with E-state index < -0.39 is 47.6 Å². The van der Waals surface area contributed by atoms with Crippen LogP contribution < -0.4 is 45.0 Å². The Bertz CT molecular complexity index is 1540. The number of aliphatic carboxylic acids is 2. The summed E-state index contributed by atoms with van der Waals surface area (Å²) in [4.78, 5) is 78.1. The summed E-state index contributed by atoms with van der Waals surface area (Å²) in [6.07, 6.45) is 0.0458. The van der Waals surface area contributed by atoms with E-state index in [9.17, 15) is 24.0 Å². The molecule has 244 valence electrons. The lowest BCUT2D eigenvalue weighted by molar-refractivity contribution is -0.138. The Morgan fingerprint density at radius 3 is 1.49 bits per heavy atom. The topological polar surface area (TPSA) is 382 Å². The summed E-state index contributed by atoms with van der Waals surface area (Å²) in [5.41, 5.74) is 29.9. The molecule has 0 aliphatic carbocycles. The summed E-state index contributed by atoms with van der Waals surface area (Å²) >= 11 is 11.7. The van der Waals surface area contributed by atoms with Gasteiger partial charge in [-0.2, -0.15) is 9.98 Å². The number of carboxylic acid groups (broad SMARTS) is 2. The molecule has 0 aliphatic heterocycles. The van der Waals surface area contributed by atoms with Gasteiger partial charge >= 0.3 is 23.8 Å². The second kappa shape index (κ2) is 16.3. The number of carboxylic acids is 2. The van der Waals surface area contributed by atoms with Crippen LogP contribution in [0.4, 0.5) is 23.3 Å². The highest BCUT2D eigenvalue weighted by Gasteiger charge is 2.28. The first kappa shape index (κ1) is 37.5. The lowest BCUT2D eigenvalue weighted by Crippen LogP contribution is -2.31. The number of aliphatic imine (C=N–C) groups is 2. The van der Waals surface area contributed by atoms with Crippen molar-refractivity contribution in [3.05, 3.63) is 21.7 Å². The number of hydrogen-bond acceptors (Lipinski definition) is 13. The van der Waals surface area contributed by atoms with E-state index in [1.165, 1.54) is 0 Å². The zero-order valence-corrected chi connectivity index (χ0v) is 25.2. The molecular weight excluding hydrogens is 643 g/mol. The number of guanidine groups is 2. The molecule has 2 aromatic rings. The third-order valence-corrected chi connectivity index (χ3v) is 5.70. The molecule has 0 aliphatic rings. The molecule has 2 heterocycles. The number of aromatic nitrogens is 4. The quantitative estimate of drug-likeness (QED) is 0.0916. The number of nitrogen functional groups attached to an aromatic ring is 2. The van der Waals surface area contributed by atoms with Crippen molar-refractivity contribution in [2.24, 2.45) is 38.3 Å². The van der Waals surface area contributed by atoms with Crippen molar-refractivity contribution < 1.29 is 34.2 Å². The van der Waals surface area contributed by atoms with Gasteiger partial charge in [0.15, 0.2) is 62.7 Å². The zero-order chi connectivity index (χ0) is 34.6. The Morgan fingerprint density at radius 2 is 1.13 bits per heavy atom. The molecular formula is C22H30Cl2N14O7. The van der Waals surface area contributed by atoms with Crippen LogP contribution in [0.5, 0.6) is 0 Å². The molecule has 2 aromatic heterocycles. The lowest BCUT2D eigenvalue weighted by Gasteiger charge is -2.22. The second-order valence-corrected chi connectivity index (χ2v) is 9.90. The van der Waals surface area contributed by atoms with Crippen molar-refractivity contribution >= 4 is 87.9 Å². The minimum atomic E-state index is -1.13. The number of hydrogen-bond donors (Lipinski definition) is 10. The van der Waals surface area contributed by atoms with Crippen LogP contribution in [-0.2, 0) is 14.4 Å². The monoisotopic (exact) mass is 672 g/mol. The molecule has 0 unspecified atom stereocenters. The van der Waals surface area contributed by atoms with Crippen LogP contribution in [-0.4, -0.2) is 84.7 Å². The number of ketones is 1. The van der Waals surface area contributed by atoms with Crippen LogP contribution in [0.3, 0.4) is 0 Å². The number of nitrogens with two attached hydrogens (primary N) is 6. The third kappa shape index (κ3) is 12.3. The second-order valence-electron chi connectivity index (χ2n) is 9.18. The summed E-state index contributed by atoms with van der Waals surface area (Å²) in [5, 5.41) is 21.8. The van der Waals surface area contributed by atoms with Crippen LogP contribution in [0.25, 0.3) is 0 Å². The molecule has 0 bridgehead atoms. The van der Waals surface area contributed by atoms with Crippen LogP contribution in [0.2, 0.25) is 10.3 Å². The predicted octanol–water partition coefficient (Wildman–Crippen LogP) is -1.38. The van der Waals surface area contributed by atoms with Crippen molar-refractivity contribution in [2.75, 3.05) is 35.2 Å². The molecule has 2 amide bonds. The summed E-state index contributed by atoms with van der Waals surface area (Å²) < 4.78 is 0. The number of carbonyl (C=O) groups is 5. The van der Waals surface area contributed by atoms with Crippen molar-refractivity contribution in [1.29, 1.82) is 0 Å². The lowest BCUT2D eigenvalue weighted by atomic mass is 9.83. The average Bonchev–Trinajstić information content (AvgIpc) is 2.91. The van der Waals surface area contributed by atoms with E-state index in [2.05, 4.69) is 40.6 Å². The van der Waals surface area contributed by atoms with Gasteiger partial charge in [0.25, 0.3) is 0 Å². The minimum Gasteiger partial charge on any atom is -0.481 e. The van der Waals surface area contributed by atoms with Crippen LogP contribution in [0.15, 0.2) is 9.98 Å². The van der Waals surface area contributed by atoms with Crippen LogP contribution in [0, 0.1) is 5.41 Å². The number of carbonyl (C=O) groups excluding carboxylic acids is 3. The Kier molecular flexibility index (Phi) is 13.6. The van der Waals surface area contributed by atoms with Crippen molar-refractivity contribution in [3.63, 3.8) is 0 Å². The minimum absolute atomic E-state index is 0.00667. The first-order chi connectivity index (χ1) is 20.7. The van der Waals surface area contributed by atoms with E-state index >= 15 is 0 Å². The standard InChI is InChI=1S/C14H20ClN7O4.C8H10ClN7O3/c1-14(2,4-3-7(24)25)6(23)5-19-11-9(15)20-8(10(16)21-11)12(26)22-13(17)18;9-4-6(13-1-2(17)18)15-5(10)3(14-4)7(19)16-8(11)12/h3-5H2,1-2H3,(H,24,25)(H3,16,19,21)(H4,17,18,22,26);1H2,(H,17,18)(H3,10,13,15)(H4,11,12,16,19). The summed E-state index contributed by atoms with van der Waals surface area (Å²) in [6.45, 7) is 2.66. The maximum atomic E-state index is 12.3. The SMILES string of the molecule is CC(C)(CCC(=O)O)C(=O)CNc1nc(N)c(C(=O)N=C(N)N)nc1Cl.NC(N)=NC(=O)c1nc(Cl)c(NCC(=O)O)nc1N. The maximum absolute atomic E-state index is 12.3. The number of nitrogens with zero attached hydrogens (tertiary/aromatic N) is 6. The predicted molar refractivity (Wildman–Crippen MR) is 163 cm³/mol. The number of anilines is 4. The Labute approximate surface area is 263 Å². The number of nitrogens with one attached hydrogen (secondary N) is 2. The van der Waals surface area contributed by atoms with Crippen LogP contribution >= 0.6 is 23.2 Å². The number of Topliss-reactive ketones (excluding diaryl/α,β-unsaturated/α-hetero) is 1. The molecule has 21 nitrogen and oxygen atoms in total. The zero-order valence-electron chi connectivity index (χ0n) is 23.7. The molecule has 0 aromatic carbocycles. The van der Waals surface area contributed by atoms with E-state index in [1.54, 1.807) is 13.8 Å². The van der Waals surface area contributed by atoms with Gasteiger partial charge in [-0.15, -0.1) is 0 Å². The van der Waals surface area contributed by atoms with Gasteiger partial charge in [-0.1, -0.05) is 37.0 Å². The van der Waals surface area contributed by atoms with E-state index in [0.29, 0.717) is 0 Å². The summed E-state index contributed by atoms with van der Waals surface area (Å²) in [7, 11) is 0. The molecule has 16 N–H and O–H groups in total. The summed E-state index contributed by atoms with van der Waals surface area (Å²) in [5.74, 6) is -5.74. The molecule has 0 atom stereocenters. The summed E-state index contributed by atoms with van der Waals surface area (Å²) in [6, 6.07) is 0. The van der Waals surface area contributed by atoms with Gasteiger partial charge in [0.1, 0.15) is 6.54 Å². The fraction of sp³-hybridized carbons (Fsp3) is 0.318. The fourth-order valence-electron chi connectivity index (χ4n) is 2.86. The normalized spacial score (nSPS) is 10.4. The van der Waals surface area contributed by atoms with Gasteiger partial charge in [-0.3, -0.25) is 24.0 Å². The molecule has 2 rings (SSSR count). The van der Waals surface area contributed by atoms with E-state index in [1.807, 2.05) is 0 Å². The molecule has 0 radical (unpaired) electrons. The number of rotatable bonds is 12. The van der Waals surface area contributed by atoms with E-state index in [0.717, 1.165) is 0 Å². The largest absolute Gasteiger partial charge is 0.481 e. The molecule has 0 fully saturated rings. The Balaban J connectivity index is 0.000000472. The number of halogens is 2. The van der Waals surface area contributed by atoms with Crippen molar-refractivity contribution in [1.82, 2.24) is 19.9 Å². The fourth-order valence-corrected chi connectivity index (χ4v) is 3.24. The third-order valence-electron chi connectivity index (χ3n) is 5.17. The van der Waals surface area contributed by atoms with Crippen LogP contribution in [0.1, 0.15) is 47.7 Å². The van der Waals surface area contributed by atoms with Gasteiger partial charge in [0.05, 0.1) is 6.54 Å². The Morgan fingerprint density at radius 1 is 0.733 bits per heavy atom. The highest BCUT2D eigenvalue weighted by Crippen LogP contribution is 2.25. The smallest absolute Gasteiger partial charge is 0.322 e. The molecule has 0 saturated heterocycles. The van der Waals surface area contributed by atoms with E-state index in [-0.39, 0.29) is 70.1 Å². The average molecular weight is 673 g/mol. The van der Waals surface area contributed by atoms with Gasteiger partial charge in [-0.05, 0) is 6.42 Å². The Hall–Kier alpha value is -5.57. The molecule has 0 spiro atoms. The molecule has 0 saturated carbocycles. The van der Waals surface area contributed by atoms with Gasteiger partial charge < -0.3 is 55.2 Å². The van der Waals surface area contributed by atoms with Crippen molar-refractivity contribution in [2.45, 2.75) is 26.7 Å². The molecule has 23 heteroatoms. The number of amides is 2. The highest BCUT2D eigenvalue weighted by atomic mass is 35.5. The van der Waals surface area contributed by atoms with Gasteiger partial charge in [-0.25, -0.2) is 19.9 Å². The maximum Gasteiger partial charge on any atom is 0.322 e. The van der Waals surface area contributed by atoms with Gasteiger partial charge in [0.2, 0.25) is 0 Å². The molecule has 45 heavy (non-hydrogen) atoms. The highest BCUT2D eigenvalue weighted by molar-refractivity contribution is 6.32. The first-order valence-corrected chi connectivity index (χ1v) is 12.9. The first-order valence-electron chi connectivity index (χ1n) is 12.1. The van der Waals surface area contributed by atoms with Gasteiger partial charge in [0, 0.05) is 11.8 Å². The van der Waals surface area contributed by atoms with Crippen molar-refractivity contribution in [3.8, 4) is 0 Å².